The fraction of sp³-hybridized carbons (Fsp3) is 0. The van der Waals surface area contributed by atoms with Crippen LogP contribution in [-0.2, 0) is 11.3 Å². The van der Waals surface area contributed by atoms with Gasteiger partial charge in [0.25, 0.3) is 11.3 Å². The van der Waals surface area contributed by atoms with Gasteiger partial charge >= 0.3 is 0 Å². The van der Waals surface area contributed by atoms with E-state index in [2.05, 4.69) is 24.8 Å². The van der Waals surface area contributed by atoms with Gasteiger partial charge in [-0.05, 0) is 0 Å². The average Bonchev–Trinajstić information content (AvgIpc) is 1.27. The van der Waals surface area contributed by atoms with Gasteiger partial charge in [0.15, 0.2) is 0 Å². The highest BCUT2D eigenvalue weighted by atomic mass is 32.2. The zero-order valence-electron chi connectivity index (χ0n) is 3.12. The lowest BCUT2D eigenvalue weighted by atomic mass is 11.5. The van der Waals surface area contributed by atoms with Gasteiger partial charge in [-0.25, -0.2) is 4.21 Å². The maximum atomic E-state index is 9.67. The molecular formula is CH3NO2S3. The molecule has 0 heterocycles. The lowest BCUT2D eigenvalue weighted by Gasteiger charge is -1.90. The largest absolute Gasteiger partial charge is 0.289 e. The van der Waals surface area contributed by atoms with Gasteiger partial charge in [0.05, 0.1) is 0 Å². The van der Waals surface area contributed by atoms with Crippen molar-refractivity contribution in [1.29, 1.82) is 0 Å². The molecule has 0 fully saturated rings. The molecule has 0 amide bonds. The Hall–Kier alpha value is 0.350. The van der Waals surface area contributed by atoms with E-state index in [-0.39, 0.29) is 4.32 Å². The van der Waals surface area contributed by atoms with Gasteiger partial charge in [-0.15, -0.1) is 12.6 Å². The van der Waals surface area contributed by atoms with Crippen LogP contribution in [0.5, 0.6) is 0 Å². The summed E-state index contributed by atoms with van der Waals surface area (Å²) in [5.74, 6) is 0. The van der Waals surface area contributed by atoms with E-state index in [4.69, 9.17) is 4.55 Å². The fourth-order valence-electron chi connectivity index (χ4n) is 0.0747. The van der Waals surface area contributed by atoms with Crippen LogP contribution in [0.1, 0.15) is 0 Å². The van der Waals surface area contributed by atoms with E-state index in [1.807, 2.05) is 4.72 Å². The van der Waals surface area contributed by atoms with Crippen molar-refractivity contribution in [3.8, 4) is 0 Å². The molecule has 42 valence electrons. The molecule has 0 rings (SSSR count). The van der Waals surface area contributed by atoms with E-state index < -0.39 is 11.3 Å². The third kappa shape index (κ3) is 6.35. The number of thiocarbonyl (C=S) groups is 1. The van der Waals surface area contributed by atoms with Crippen molar-refractivity contribution < 1.29 is 8.76 Å². The van der Waals surface area contributed by atoms with Gasteiger partial charge in [-0.1, -0.05) is 12.2 Å². The summed E-state index contributed by atoms with van der Waals surface area (Å²) in [6, 6.07) is 0. The number of nitrogens with one attached hydrogen (secondary N) is 1. The van der Waals surface area contributed by atoms with Crippen LogP contribution < -0.4 is 4.72 Å². The molecule has 0 saturated carbocycles. The molecule has 0 saturated heterocycles. The summed E-state index contributed by atoms with van der Waals surface area (Å²) in [6.07, 6.45) is 0. The highest BCUT2D eigenvalue weighted by molar-refractivity contribution is 8.12. The van der Waals surface area contributed by atoms with Gasteiger partial charge in [0.1, 0.15) is 4.32 Å². The molecule has 1 atom stereocenters. The second-order valence-corrected chi connectivity index (χ2v) is 2.52. The van der Waals surface area contributed by atoms with Crippen molar-refractivity contribution in [2.24, 2.45) is 0 Å². The number of hydrogen-bond acceptors (Lipinski definition) is 2. The molecular weight excluding hydrogens is 154 g/mol. The highest BCUT2D eigenvalue weighted by Gasteiger charge is 1.87. The summed E-state index contributed by atoms with van der Waals surface area (Å²) in [7, 11) is 0. The van der Waals surface area contributed by atoms with Gasteiger partial charge in [-0.3, -0.25) is 9.27 Å². The molecule has 3 nitrogen and oxygen atoms in total. The zero-order chi connectivity index (χ0) is 5.86. The number of hydrogen-bond donors (Lipinski definition) is 3. The van der Waals surface area contributed by atoms with Crippen molar-refractivity contribution in [2.45, 2.75) is 0 Å². The van der Waals surface area contributed by atoms with E-state index in [1.165, 1.54) is 0 Å². The van der Waals surface area contributed by atoms with Gasteiger partial charge in [0, 0.05) is 0 Å². The molecule has 0 radical (unpaired) electrons. The molecule has 1 unspecified atom stereocenters. The van der Waals surface area contributed by atoms with Crippen molar-refractivity contribution in [3.63, 3.8) is 0 Å². The van der Waals surface area contributed by atoms with E-state index in [0.717, 1.165) is 0 Å². The lowest BCUT2D eigenvalue weighted by Crippen LogP contribution is -2.17. The molecule has 0 spiro atoms. The molecule has 6 heteroatoms. The third-order valence-electron chi connectivity index (χ3n) is 0.175. The minimum absolute atomic E-state index is 0.0147. The number of thiol groups is 1. The van der Waals surface area contributed by atoms with Crippen molar-refractivity contribution >= 4 is 40.4 Å². The lowest BCUT2D eigenvalue weighted by molar-refractivity contribution is 0.561. The standard InChI is InChI=1S/CH3NO2S3/c3-7(4)2-1(5)6/h(H,3,4)(H2,2,5,6). The Balaban J connectivity index is 3.32. The first kappa shape index (κ1) is 7.35. The molecule has 0 bridgehead atoms. The summed E-state index contributed by atoms with van der Waals surface area (Å²) in [6.45, 7) is 0. The smallest absolute Gasteiger partial charge is 0.260 e. The predicted octanol–water partition coefficient (Wildman–Crippen LogP) is -0.0726. The van der Waals surface area contributed by atoms with Crippen LogP contribution in [0, 0.1) is 0 Å². The van der Waals surface area contributed by atoms with Crippen molar-refractivity contribution in [2.75, 3.05) is 0 Å². The monoisotopic (exact) mass is 157 g/mol. The average molecular weight is 157 g/mol. The second-order valence-electron chi connectivity index (χ2n) is 0.656. The zero-order valence-corrected chi connectivity index (χ0v) is 5.65. The Bertz CT molecular complexity index is 89.1. The van der Waals surface area contributed by atoms with Crippen LogP contribution in [0.2, 0.25) is 0 Å². The Labute approximate surface area is 54.3 Å². The Morgan fingerprint density at radius 3 is 2.43 bits per heavy atom. The summed E-state index contributed by atoms with van der Waals surface area (Å²) < 4.78 is 19.6. The highest BCUT2D eigenvalue weighted by Crippen LogP contribution is 1.76. The van der Waals surface area contributed by atoms with Gasteiger partial charge in [0.2, 0.25) is 0 Å². The Morgan fingerprint density at radius 2 is 2.43 bits per heavy atom. The Kier molecular flexibility index (Phi) is 3.53. The number of rotatable bonds is 1. The van der Waals surface area contributed by atoms with Crippen LogP contribution in [-0.4, -0.2) is 13.1 Å². The predicted molar refractivity (Wildman–Crippen MR) is 35.5 cm³/mol. The van der Waals surface area contributed by atoms with E-state index in [0.29, 0.717) is 0 Å². The Morgan fingerprint density at radius 1 is 2.00 bits per heavy atom. The van der Waals surface area contributed by atoms with E-state index in [9.17, 15) is 4.21 Å². The van der Waals surface area contributed by atoms with Gasteiger partial charge < -0.3 is 0 Å². The van der Waals surface area contributed by atoms with Gasteiger partial charge in [-0.2, -0.15) is 0 Å². The first-order valence-corrected chi connectivity index (χ1v) is 3.19. The van der Waals surface area contributed by atoms with E-state index >= 15 is 0 Å². The molecule has 7 heavy (non-hydrogen) atoms. The SMILES string of the molecule is O=S(O)NC(=S)S. The molecule has 2 N–H and O–H groups in total. The molecule has 0 aromatic carbocycles. The quantitative estimate of drug-likeness (QED) is 0.284. The molecule has 0 aliphatic rings. The van der Waals surface area contributed by atoms with Crippen LogP contribution in [0.4, 0.5) is 0 Å². The molecule has 0 aromatic rings. The summed E-state index contributed by atoms with van der Waals surface area (Å²) in [4.78, 5) is 0. The molecule has 0 aliphatic carbocycles. The topological polar surface area (TPSA) is 49.3 Å². The van der Waals surface area contributed by atoms with Crippen molar-refractivity contribution in [3.05, 3.63) is 0 Å². The molecule has 0 aromatic heterocycles. The second kappa shape index (κ2) is 3.36. The summed E-state index contributed by atoms with van der Waals surface area (Å²) in [5.41, 5.74) is 0. The van der Waals surface area contributed by atoms with Crippen LogP contribution >= 0.6 is 24.8 Å². The first-order valence-electron chi connectivity index (χ1n) is 1.23. The maximum Gasteiger partial charge on any atom is 0.260 e. The van der Waals surface area contributed by atoms with Crippen molar-refractivity contribution in [1.82, 2.24) is 4.72 Å². The minimum atomic E-state index is -2.06. The maximum absolute atomic E-state index is 9.67. The summed E-state index contributed by atoms with van der Waals surface area (Å²) >= 11 is 5.71. The summed E-state index contributed by atoms with van der Waals surface area (Å²) in [5, 5.41) is 0. The normalized spacial score (nSPS) is 12.9. The fourth-order valence-corrected chi connectivity index (χ4v) is 0.672. The molecule has 0 aliphatic heterocycles. The first-order chi connectivity index (χ1) is 3.13. The third-order valence-corrected chi connectivity index (χ3v) is 1.05. The van der Waals surface area contributed by atoms with E-state index in [1.54, 1.807) is 0 Å². The van der Waals surface area contributed by atoms with Crippen LogP contribution in [0.15, 0.2) is 0 Å². The minimum Gasteiger partial charge on any atom is -0.289 e. The van der Waals surface area contributed by atoms with Crippen LogP contribution in [0.3, 0.4) is 0 Å². The van der Waals surface area contributed by atoms with Crippen LogP contribution in [0.25, 0.3) is 0 Å².